The Labute approximate surface area is 84.7 Å². The van der Waals surface area contributed by atoms with Crippen LogP contribution < -0.4 is 5.73 Å². The van der Waals surface area contributed by atoms with Crippen LogP contribution >= 0.6 is 0 Å². The Balaban J connectivity index is 1.98. The third-order valence-electron chi connectivity index (χ3n) is 3.48. The molecule has 0 unspecified atom stereocenters. The zero-order chi connectivity index (χ0) is 10.2. The number of hydrogen-bond acceptors (Lipinski definition) is 3. The quantitative estimate of drug-likeness (QED) is 0.797. The molecule has 3 nitrogen and oxygen atoms in total. The van der Waals surface area contributed by atoms with E-state index in [9.17, 15) is 0 Å². The number of aromatic nitrogens is 1. The molecule has 1 fully saturated rings. The molecular formula is C11H18N2O. The predicted octanol–water partition coefficient (Wildman–Crippen LogP) is 1.96. The van der Waals surface area contributed by atoms with Crippen molar-refractivity contribution in [3.05, 3.63) is 17.0 Å². The lowest BCUT2D eigenvalue weighted by atomic mass is 9.96. The van der Waals surface area contributed by atoms with Crippen LogP contribution in [0.2, 0.25) is 0 Å². The summed E-state index contributed by atoms with van der Waals surface area (Å²) in [5, 5.41) is 3.96. The Morgan fingerprint density at radius 3 is 2.57 bits per heavy atom. The van der Waals surface area contributed by atoms with E-state index in [1.807, 2.05) is 13.8 Å². The Kier molecular flexibility index (Phi) is 2.35. The van der Waals surface area contributed by atoms with Crippen LogP contribution in [0.4, 0.5) is 0 Å². The van der Waals surface area contributed by atoms with Gasteiger partial charge in [0.2, 0.25) is 0 Å². The van der Waals surface area contributed by atoms with Crippen molar-refractivity contribution in [1.82, 2.24) is 5.16 Å². The summed E-state index contributed by atoms with van der Waals surface area (Å²) in [6.45, 7) is 4.82. The number of hydrogen-bond donors (Lipinski definition) is 1. The molecule has 1 heterocycles. The first kappa shape index (κ1) is 9.71. The highest BCUT2D eigenvalue weighted by Crippen LogP contribution is 2.48. The molecule has 1 saturated carbocycles. The Bertz CT molecular complexity index is 307. The third-order valence-corrected chi connectivity index (χ3v) is 3.48. The van der Waals surface area contributed by atoms with E-state index < -0.39 is 0 Å². The molecule has 1 aromatic rings. The number of nitrogens with zero attached hydrogens (tertiary/aromatic N) is 1. The molecule has 2 N–H and O–H groups in total. The minimum Gasteiger partial charge on any atom is -0.361 e. The molecule has 0 bridgehead atoms. The third kappa shape index (κ3) is 1.69. The summed E-state index contributed by atoms with van der Waals surface area (Å²) in [5.74, 6) is 0.968. The molecule has 1 aliphatic carbocycles. The lowest BCUT2D eigenvalue weighted by Gasteiger charge is -2.10. The first-order valence-corrected chi connectivity index (χ1v) is 5.29. The van der Waals surface area contributed by atoms with Crippen LogP contribution in [0.25, 0.3) is 0 Å². The van der Waals surface area contributed by atoms with Crippen molar-refractivity contribution in [2.45, 2.75) is 39.5 Å². The van der Waals surface area contributed by atoms with Gasteiger partial charge < -0.3 is 10.3 Å². The highest BCUT2D eigenvalue weighted by Gasteiger charge is 2.40. The molecule has 0 radical (unpaired) electrons. The van der Waals surface area contributed by atoms with Gasteiger partial charge in [-0.25, -0.2) is 0 Å². The van der Waals surface area contributed by atoms with Crippen molar-refractivity contribution in [1.29, 1.82) is 0 Å². The zero-order valence-corrected chi connectivity index (χ0v) is 8.97. The maximum atomic E-state index is 5.75. The summed E-state index contributed by atoms with van der Waals surface area (Å²) >= 11 is 0. The first-order valence-electron chi connectivity index (χ1n) is 5.29. The second-order valence-corrected chi connectivity index (χ2v) is 4.51. The highest BCUT2D eigenvalue weighted by molar-refractivity contribution is 5.21. The van der Waals surface area contributed by atoms with E-state index >= 15 is 0 Å². The van der Waals surface area contributed by atoms with Gasteiger partial charge in [0.25, 0.3) is 0 Å². The van der Waals surface area contributed by atoms with Gasteiger partial charge in [-0.1, -0.05) is 5.16 Å². The molecule has 0 saturated heterocycles. The lowest BCUT2D eigenvalue weighted by Crippen LogP contribution is -2.16. The van der Waals surface area contributed by atoms with Gasteiger partial charge >= 0.3 is 0 Å². The Hall–Kier alpha value is -0.830. The molecule has 2 rings (SSSR count). The molecule has 0 amide bonds. The summed E-state index contributed by atoms with van der Waals surface area (Å²) in [6, 6.07) is 0. The molecule has 1 aromatic heterocycles. The fourth-order valence-corrected chi connectivity index (χ4v) is 1.98. The van der Waals surface area contributed by atoms with Gasteiger partial charge in [0, 0.05) is 5.56 Å². The van der Waals surface area contributed by atoms with Crippen LogP contribution in [0.1, 0.15) is 36.3 Å². The zero-order valence-electron chi connectivity index (χ0n) is 8.97. The van der Waals surface area contributed by atoms with Gasteiger partial charge in [-0.05, 0) is 51.5 Å². The molecule has 78 valence electrons. The molecule has 0 atom stereocenters. The molecule has 0 spiro atoms. The predicted molar refractivity (Wildman–Crippen MR) is 55.0 cm³/mol. The number of nitrogens with two attached hydrogens (primary N) is 1. The van der Waals surface area contributed by atoms with E-state index in [0.717, 1.165) is 24.4 Å². The highest BCUT2D eigenvalue weighted by atomic mass is 16.5. The van der Waals surface area contributed by atoms with Crippen LogP contribution in [0.5, 0.6) is 0 Å². The van der Waals surface area contributed by atoms with Gasteiger partial charge in [-0.15, -0.1) is 0 Å². The maximum absolute atomic E-state index is 5.75. The van der Waals surface area contributed by atoms with Crippen LogP contribution in [-0.2, 0) is 6.42 Å². The van der Waals surface area contributed by atoms with Crippen LogP contribution in [0.3, 0.4) is 0 Å². The number of aryl methyl sites for hydroxylation is 2. The molecule has 14 heavy (non-hydrogen) atoms. The molecule has 0 aromatic carbocycles. The topological polar surface area (TPSA) is 52.0 Å². The first-order chi connectivity index (χ1) is 6.67. The van der Waals surface area contributed by atoms with Gasteiger partial charge in [0.15, 0.2) is 0 Å². The van der Waals surface area contributed by atoms with Crippen molar-refractivity contribution in [2.24, 2.45) is 11.1 Å². The second kappa shape index (κ2) is 3.39. The van der Waals surface area contributed by atoms with E-state index in [4.69, 9.17) is 10.3 Å². The van der Waals surface area contributed by atoms with Crippen LogP contribution in [0, 0.1) is 19.3 Å². The van der Waals surface area contributed by atoms with Crippen molar-refractivity contribution >= 4 is 0 Å². The van der Waals surface area contributed by atoms with Crippen molar-refractivity contribution in [3.63, 3.8) is 0 Å². The monoisotopic (exact) mass is 194 g/mol. The minimum atomic E-state index is 0.455. The van der Waals surface area contributed by atoms with Gasteiger partial charge in [-0.2, -0.15) is 0 Å². The number of rotatable bonds is 4. The van der Waals surface area contributed by atoms with Crippen LogP contribution in [0.15, 0.2) is 4.52 Å². The maximum Gasteiger partial charge on any atom is 0.137 e. The fraction of sp³-hybridized carbons (Fsp3) is 0.727. The standard InChI is InChI=1S/C11H18N2O/c1-8-10(9(2)14-13-8)3-4-11(7-12)5-6-11/h3-7,12H2,1-2H3. The normalized spacial score (nSPS) is 18.5. The summed E-state index contributed by atoms with van der Waals surface area (Å²) in [5.41, 5.74) is 8.52. The smallest absolute Gasteiger partial charge is 0.137 e. The second-order valence-electron chi connectivity index (χ2n) is 4.51. The van der Waals surface area contributed by atoms with Gasteiger partial charge in [0.1, 0.15) is 5.76 Å². The largest absolute Gasteiger partial charge is 0.361 e. The molecule has 0 aliphatic heterocycles. The summed E-state index contributed by atoms with van der Waals surface area (Å²) < 4.78 is 5.13. The van der Waals surface area contributed by atoms with E-state index in [0.29, 0.717) is 5.41 Å². The van der Waals surface area contributed by atoms with E-state index in [2.05, 4.69) is 5.16 Å². The van der Waals surface area contributed by atoms with E-state index in [1.165, 1.54) is 24.8 Å². The van der Waals surface area contributed by atoms with Crippen molar-refractivity contribution in [3.8, 4) is 0 Å². The SMILES string of the molecule is Cc1noc(C)c1CCC1(CN)CC1. The summed E-state index contributed by atoms with van der Waals surface area (Å²) in [7, 11) is 0. The molecule has 1 aliphatic rings. The fourth-order valence-electron chi connectivity index (χ4n) is 1.98. The summed E-state index contributed by atoms with van der Waals surface area (Å²) in [6.07, 6.45) is 4.85. The van der Waals surface area contributed by atoms with Gasteiger partial charge in [0.05, 0.1) is 5.69 Å². The van der Waals surface area contributed by atoms with Gasteiger partial charge in [-0.3, -0.25) is 0 Å². The minimum absolute atomic E-state index is 0.455. The average molecular weight is 194 g/mol. The Morgan fingerprint density at radius 1 is 1.43 bits per heavy atom. The Morgan fingerprint density at radius 2 is 2.14 bits per heavy atom. The summed E-state index contributed by atoms with van der Waals surface area (Å²) in [4.78, 5) is 0. The van der Waals surface area contributed by atoms with Crippen molar-refractivity contribution < 1.29 is 4.52 Å². The molecule has 3 heteroatoms. The lowest BCUT2D eigenvalue weighted by molar-refractivity contribution is 0.391. The average Bonchev–Trinajstić information content (AvgIpc) is 2.89. The van der Waals surface area contributed by atoms with E-state index in [1.54, 1.807) is 0 Å². The van der Waals surface area contributed by atoms with Crippen LogP contribution in [-0.4, -0.2) is 11.7 Å². The van der Waals surface area contributed by atoms with E-state index in [-0.39, 0.29) is 0 Å². The van der Waals surface area contributed by atoms with Crippen molar-refractivity contribution in [2.75, 3.05) is 6.54 Å². The molecular weight excluding hydrogens is 176 g/mol.